The third kappa shape index (κ3) is 1.93. The highest BCUT2D eigenvalue weighted by molar-refractivity contribution is 5.36. The Hall–Kier alpha value is -0.820. The van der Waals surface area contributed by atoms with Crippen molar-refractivity contribution in [2.45, 2.75) is 63.8 Å². The van der Waals surface area contributed by atoms with E-state index in [0.29, 0.717) is 5.41 Å². The van der Waals surface area contributed by atoms with Crippen LogP contribution in [0.3, 0.4) is 0 Å². The van der Waals surface area contributed by atoms with Crippen LogP contribution in [0.4, 0.5) is 0 Å². The maximum Gasteiger partial charge on any atom is 0.0108 e. The summed E-state index contributed by atoms with van der Waals surface area (Å²) in [7, 11) is 0. The largest absolute Gasteiger partial charge is 0.313 e. The summed E-state index contributed by atoms with van der Waals surface area (Å²) in [5.41, 5.74) is 3.56. The molecule has 1 heterocycles. The van der Waals surface area contributed by atoms with E-state index in [1.165, 1.54) is 50.6 Å². The molecule has 1 aromatic rings. The molecule has 3 aliphatic rings. The lowest BCUT2D eigenvalue weighted by Crippen LogP contribution is -2.48. The van der Waals surface area contributed by atoms with Crippen molar-refractivity contribution >= 4 is 0 Å². The van der Waals surface area contributed by atoms with Crippen molar-refractivity contribution in [3.05, 3.63) is 35.4 Å². The van der Waals surface area contributed by atoms with E-state index >= 15 is 0 Å². The van der Waals surface area contributed by atoms with Crippen LogP contribution in [0, 0.1) is 24.7 Å². The number of benzene rings is 1. The fourth-order valence-corrected chi connectivity index (χ4v) is 5.97. The van der Waals surface area contributed by atoms with Crippen LogP contribution in [0.25, 0.3) is 0 Å². The Morgan fingerprint density at radius 1 is 1.19 bits per heavy atom. The first kappa shape index (κ1) is 13.8. The summed E-state index contributed by atoms with van der Waals surface area (Å²) >= 11 is 0. The van der Waals surface area contributed by atoms with E-state index in [4.69, 9.17) is 0 Å². The molecular formula is C20H29N. The molecule has 1 N–H and O–H groups in total. The fraction of sp³-hybridized carbons (Fsp3) is 0.700. The molecule has 21 heavy (non-hydrogen) atoms. The van der Waals surface area contributed by atoms with Gasteiger partial charge in [-0.3, -0.25) is 0 Å². The average molecular weight is 283 g/mol. The number of unbranched alkanes of at least 4 members (excludes halogenated alkanes) is 1. The van der Waals surface area contributed by atoms with E-state index in [2.05, 4.69) is 43.4 Å². The van der Waals surface area contributed by atoms with Crippen molar-refractivity contribution in [2.24, 2.45) is 17.8 Å². The number of aryl methyl sites for hydroxylation is 1. The van der Waals surface area contributed by atoms with Gasteiger partial charge >= 0.3 is 0 Å². The normalized spacial score (nSPS) is 40.7. The molecule has 1 heteroatoms. The highest BCUT2D eigenvalue weighted by Crippen LogP contribution is 2.62. The minimum absolute atomic E-state index is 0.502. The molecule has 1 aromatic carbocycles. The van der Waals surface area contributed by atoms with Gasteiger partial charge in [0.05, 0.1) is 0 Å². The van der Waals surface area contributed by atoms with E-state index < -0.39 is 0 Å². The Morgan fingerprint density at radius 2 is 2.00 bits per heavy atom. The smallest absolute Gasteiger partial charge is 0.0108 e. The molecule has 3 fully saturated rings. The SMILES string of the molecule is CCCCC1CCC2C3CC1(c1ccc(C)cc1)C2CN3. The summed E-state index contributed by atoms with van der Waals surface area (Å²) in [6.45, 7) is 5.82. The lowest BCUT2D eigenvalue weighted by Gasteiger charge is -2.48. The molecule has 0 aromatic heterocycles. The van der Waals surface area contributed by atoms with Crippen LogP contribution in [0.2, 0.25) is 0 Å². The minimum atomic E-state index is 0.502. The van der Waals surface area contributed by atoms with Crippen LogP contribution < -0.4 is 5.32 Å². The molecule has 2 aliphatic carbocycles. The zero-order chi connectivity index (χ0) is 14.4. The van der Waals surface area contributed by atoms with Crippen molar-refractivity contribution in [1.29, 1.82) is 0 Å². The fourth-order valence-electron chi connectivity index (χ4n) is 5.97. The second kappa shape index (κ2) is 5.12. The van der Waals surface area contributed by atoms with Crippen LogP contribution in [0.15, 0.2) is 24.3 Å². The molecule has 4 rings (SSSR count). The first-order valence-electron chi connectivity index (χ1n) is 9.06. The lowest BCUT2D eigenvalue weighted by molar-refractivity contribution is 0.109. The minimum Gasteiger partial charge on any atom is -0.313 e. The molecule has 5 unspecified atom stereocenters. The number of piperidine rings is 1. The molecule has 4 bridgehead atoms. The van der Waals surface area contributed by atoms with Gasteiger partial charge in [-0.1, -0.05) is 49.6 Å². The van der Waals surface area contributed by atoms with Gasteiger partial charge in [0.2, 0.25) is 0 Å². The van der Waals surface area contributed by atoms with Crippen LogP contribution >= 0.6 is 0 Å². The van der Waals surface area contributed by atoms with Crippen molar-refractivity contribution < 1.29 is 0 Å². The Labute approximate surface area is 129 Å². The molecule has 1 nitrogen and oxygen atoms in total. The summed E-state index contributed by atoms with van der Waals surface area (Å²) in [6.07, 6.45) is 8.54. The van der Waals surface area contributed by atoms with Crippen LogP contribution in [-0.2, 0) is 5.41 Å². The Bertz CT molecular complexity index is 503. The van der Waals surface area contributed by atoms with Crippen molar-refractivity contribution in [3.8, 4) is 0 Å². The van der Waals surface area contributed by atoms with Gasteiger partial charge in [0.25, 0.3) is 0 Å². The van der Waals surface area contributed by atoms with E-state index in [9.17, 15) is 0 Å². The predicted octanol–water partition coefficient (Wildman–Crippen LogP) is 4.44. The van der Waals surface area contributed by atoms with Gasteiger partial charge in [0.1, 0.15) is 0 Å². The maximum atomic E-state index is 3.81. The zero-order valence-electron chi connectivity index (χ0n) is 13.6. The van der Waals surface area contributed by atoms with E-state index in [-0.39, 0.29) is 0 Å². The average Bonchev–Trinajstić information content (AvgIpc) is 3.00. The van der Waals surface area contributed by atoms with Gasteiger partial charge in [-0.2, -0.15) is 0 Å². The van der Waals surface area contributed by atoms with Gasteiger partial charge < -0.3 is 5.32 Å². The lowest BCUT2D eigenvalue weighted by atomic mass is 9.57. The zero-order valence-corrected chi connectivity index (χ0v) is 13.6. The van der Waals surface area contributed by atoms with Crippen LogP contribution in [0.5, 0.6) is 0 Å². The Balaban J connectivity index is 1.74. The van der Waals surface area contributed by atoms with Crippen LogP contribution in [0.1, 0.15) is 56.6 Å². The topological polar surface area (TPSA) is 12.0 Å². The summed E-state index contributed by atoms with van der Waals surface area (Å²) in [6, 6.07) is 10.4. The van der Waals surface area contributed by atoms with Crippen molar-refractivity contribution in [3.63, 3.8) is 0 Å². The molecule has 5 atom stereocenters. The number of hydrogen-bond acceptors (Lipinski definition) is 1. The summed E-state index contributed by atoms with van der Waals surface area (Å²) in [5, 5.41) is 3.81. The van der Waals surface area contributed by atoms with Gasteiger partial charge in [-0.25, -0.2) is 0 Å². The monoisotopic (exact) mass is 283 g/mol. The number of nitrogens with one attached hydrogen (secondary N) is 1. The molecule has 2 saturated carbocycles. The van der Waals surface area contributed by atoms with Gasteiger partial charge in [-0.05, 0) is 62.5 Å². The van der Waals surface area contributed by atoms with Crippen LogP contribution in [-0.4, -0.2) is 12.6 Å². The first-order valence-corrected chi connectivity index (χ1v) is 9.06. The number of hydrogen-bond donors (Lipinski definition) is 1. The van der Waals surface area contributed by atoms with E-state index in [1.807, 2.05) is 0 Å². The summed E-state index contributed by atoms with van der Waals surface area (Å²) in [4.78, 5) is 0. The molecular weight excluding hydrogens is 254 g/mol. The van der Waals surface area contributed by atoms with Crippen molar-refractivity contribution in [2.75, 3.05) is 6.54 Å². The summed E-state index contributed by atoms with van der Waals surface area (Å²) in [5.74, 6) is 2.79. The molecule has 114 valence electrons. The van der Waals surface area contributed by atoms with Crippen molar-refractivity contribution in [1.82, 2.24) is 5.32 Å². The highest BCUT2D eigenvalue weighted by Gasteiger charge is 2.62. The number of rotatable bonds is 4. The first-order chi connectivity index (χ1) is 10.3. The maximum absolute atomic E-state index is 3.81. The third-order valence-electron chi connectivity index (χ3n) is 6.93. The molecule has 0 amide bonds. The third-order valence-corrected chi connectivity index (χ3v) is 6.93. The standard InChI is InChI=1S/C20H29N/c1-3-4-5-15-10-11-17-18-13-21-19(17)12-20(15,18)16-8-6-14(2)7-9-16/h6-9,15,17-19,21H,3-5,10-13H2,1-2H3. The second-order valence-corrected chi connectivity index (χ2v) is 7.81. The molecule has 0 radical (unpaired) electrons. The molecule has 0 spiro atoms. The highest BCUT2D eigenvalue weighted by atomic mass is 15.0. The molecule has 1 saturated heterocycles. The molecule has 1 aliphatic heterocycles. The van der Waals surface area contributed by atoms with E-state index in [1.54, 1.807) is 5.56 Å². The quantitative estimate of drug-likeness (QED) is 0.861. The summed E-state index contributed by atoms with van der Waals surface area (Å²) < 4.78 is 0. The predicted molar refractivity (Wildman–Crippen MR) is 88.5 cm³/mol. The van der Waals surface area contributed by atoms with E-state index in [0.717, 1.165) is 23.8 Å². The Morgan fingerprint density at radius 3 is 2.76 bits per heavy atom. The van der Waals surface area contributed by atoms with Gasteiger partial charge in [0, 0.05) is 11.5 Å². The second-order valence-electron chi connectivity index (χ2n) is 7.81. The Kier molecular flexibility index (Phi) is 3.37. The van der Waals surface area contributed by atoms with Gasteiger partial charge in [0.15, 0.2) is 0 Å². The van der Waals surface area contributed by atoms with Gasteiger partial charge in [-0.15, -0.1) is 0 Å².